The van der Waals surface area contributed by atoms with Crippen LogP contribution in [0.4, 0.5) is 0 Å². The highest BCUT2D eigenvalue weighted by Gasteiger charge is 2.41. The molecule has 1 rings (SSSR count). The van der Waals surface area contributed by atoms with Gasteiger partial charge >= 0.3 is 11.9 Å². The Balaban J connectivity index is 4.14. The number of cyclic esters (lactones) is 1. The number of ether oxygens (including phenoxy) is 1. The van der Waals surface area contributed by atoms with Crippen LogP contribution in [-0.4, -0.2) is 232 Å². The molecule has 1 aliphatic heterocycles. The van der Waals surface area contributed by atoms with Crippen molar-refractivity contribution < 1.29 is 87.8 Å². The molecule has 1 fully saturated rings. The van der Waals surface area contributed by atoms with Gasteiger partial charge in [-0.3, -0.25) is 47.9 Å². The second-order valence-corrected chi connectivity index (χ2v) is 22.5. The molecule has 0 aromatic rings. The molecule has 1 aliphatic rings. The van der Waals surface area contributed by atoms with Crippen molar-refractivity contribution in [3.05, 3.63) is 11.8 Å². The van der Waals surface area contributed by atoms with Crippen LogP contribution in [0.2, 0.25) is 0 Å². The average Bonchev–Trinajstić information content (AvgIpc) is 1.40. The largest absolute Gasteiger partial charge is 0.479 e. The van der Waals surface area contributed by atoms with Crippen molar-refractivity contribution in [2.45, 2.75) is 223 Å². The number of aliphatic carboxylic acids is 1. The first-order valence-electron chi connectivity index (χ1n) is 31.4. The molecule has 0 radical (unpaired) electrons. The first-order chi connectivity index (χ1) is 43.3. The number of allylic oxidation sites excluding steroid dienone is 1. The van der Waals surface area contributed by atoms with Crippen molar-refractivity contribution >= 4 is 82.6 Å². The van der Waals surface area contributed by atoms with Gasteiger partial charge in [0.05, 0.1) is 37.0 Å². The third kappa shape index (κ3) is 32.0. The van der Waals surface area contributed by atoms with Crippen molar-refractivity contribution in [1.82, 2.24) is 58.1 Å². The maximum atomic E-state index is 14.5. The molecule has 0 bridgehead atoms. The van der Waals surface area contributed by atoms with Gasteiger partial charge in [0, 0.05) is 6.54 Å². The van der Waals surface area contributed by atoms with E-state index in [9.17, 15) is 83.1 Å². The van der Waals surface area contributed by atoms with Crippen LogP contribution in [0.1, 0.15) is 150 Å². The number of unbranched alkanes of at least 4 members (excludes halogenated alkanes) is 9. The fourth-order valence-electron chi connectivity index (χ4n) is 9.38. The molecular formula is C58H103ClN14O18. The third-order valence-electron chi connectivity index (χ3n) is 14.8. The lowest BCUT2D eigenvalue weighted by atomic mass is 10.0. The lowest BCUT2D eigenvalue weighted by Gasteiger charge is -2.29. The molecule has 91 heavy (non-hydrogen) atoms. The number of aliphatic hydroxyl groups excluding tert-OH is 4. The van der Waals surface area contributed by atoms with Crippen molar-refractivity contribution in [2.75, 3.05) is 58.3 Å². The summed E-state index contributed by atoms with van der Waals surface area (Å²) in [6.45, 7) is 8.91. The number of esters is 1. The van der Waals surface area contributed by atoms with Crippen LogP contribution >= 0.6 is 11.6 Å². The second kappa shape index (κ2) is 46.4. The number of hydrogen-bond acceptors (Lipinski definition) is 21. The Hall–Kier alpha value is -6.65. The van der Waals surface area contributed by atoms with Crippen LogP contribution < -0.4 is 70.4 Å². The van der Waals surface area contributed by atoms with E-state index in [2.05, 4.69) is 54.4 Å². The lowest BCUT2D eigenvalue weighted by Crippen LogP contribution is -2.62. The summed E-state index contributed by atoms with van der Waals surface area (Å²) in [6, 6.07) is -15.5. The Bertz CT molecular complexity index is 2350. The molecule has 1 unspecified atom stereocenters. The van der Waals surface area contributed by atoms with Crippen molar-refractivity contribution in [3.8, 4) is 0 Å². The van der Waals surface area contributed by atoms with E-state index in [0.29, 0.717) is 25.8 Å². The number of amides is 10. The number of carboxylic acids is 1. The molecule has 32 nitrogen and oxygen atoms in total. The van der Waals surface area contributed by atoms with Crippen LogP contribution in [0.25, 0.3) is 0 Å². The quantitative estimate of drug-likeness (QED) is 0.0125. The van der Waals surface area contributed by atoms with Gasteiger partial charge in [-0.05, 0) is 98.1 Å². The zero-order valence-corrected chi connectivity index (χ0v) is 54.0. The number of nitrogens with one attached hydrogen (secondary N) is 10. The molecule has 0 aromatic heterocycles. The number of carboxylic acid groups (broad SMARTS) is 1. The smallest absolute Gasteiger partial charge is 0.335 e. The Morgan fingerprint density at radius 2 is 1.15 bits per heavy atom. The molecule has 0 spiro atoms. The fraction of sp³-hybridized carbons (Fsp3) is 0.759. The Morgan fingerprint density at radius 1 is 0.626 bits per heavy atom. The number of carbonyl (C=O) groups is 12. The summed E-state index contributed by atoms with van der Waals surface area (Å²) < 4.78 is 5.36. The number of aliphatic hydroxyl groups is 4. The summed E-state index contributed by atoms with van der Waals surface area (Å²) in [4.78, 5) is 169. The van der Waals surface area contributed by atoms with Crippen molar-refractivity contribution in [2.24, 2.45) is 17.2 Å². The van der Waals surface area contributed by atoms with Gasteiger partial charge in [-0.15, -0.1) is 11.6 Å². The maximum absolute atomic E-state index is 14.5. The number of halogens is 1. The highest BCUT2D eigenvalue weighted by Crippen LogP contribution is 2.14. The number of hydrogen-bond donors (Lipinski definition) is 18. The molecule has 0 aromatic carbocycles. The summed E-state index contributed by atoms with van der Waals surface area (Å²) in [7, 11) is 0. The van der Waals surface area contributed by atoms with E-state index in [1.807, 2.05) is 24.5 Å². The van der Waals surface area contributed by atoms with E-state index < -0.39 is 175 Å². The first-order valence-corrected chi connectivity index (χ1v) is 32.0. The van der Waals surface area contributed by atoms with Gasteiger partial charge < -0.3 is 106 Å². The highest BCUT2D eigenvalue weighted by atomic mass is 35.5. The zero-order valence-electron chi connectivity index (χ0n) is 53.2. The molecule has 1 saturated heterocycles. The van der Waals surface area contributed by atoms with E-state index >= 15 is 0 Å². The van der Waals surface area contributed by atoms with Gasteiger partial charge in [-0.25, -0.2) is 9.59 Å². The van der Waals surface area contributed by atoms with Crippen LogP contribution in [0.15, 0.2) is 11.8 Å². The normalized spacial score (nSPS) is 23.5. The molecule has 12 atom stereocenters. The van der Waals surface area contributed by atoms with Gasteiger partial charge in [0.2, 0.25) is 53.2 Å². The summed E-state index contributed by atoms with van der Waals surface area (Å²) in [6.07, 6.45) is 0.818. The number of alkyl halides is 1. The molecular weight excluding hydrogens is 1220 g/mol. The lowest BCUT2D eigenvalue weighted by molar-refractivity contribution is -0.155. The Labute approximate surface area is 536 Å². The van der Waals surface area contributed by atoms with E-state index in [4.69, 9.17) is 33.5 Å². The van der Waals surface area contributed by atoms with E-state index in [1.165, 1.54) is 6.92 Å². The van der Waals surface area contributed by atoms with E-state index in [0.717, 1.165) is 77.5 Å². The molecule has 1 heterocycles. The van der Waals surface area contributed by atoms with Crippen LogP contribution in [0, 0.1) is 0 Å². The third-order valence-corrected chi connectivity index (χ3v) is 15.2. The highest BCUT2D eigenvalue weighted by molar-refractivity contribution is 6.18. The van der Waals surface area contributed by atoms with Crippen molar-refractivity contribution in [1.29, 1.82) is 0 Å². The topological polar surface area (TPSA) is 517 Å². The average molecular weight is 1320 g/mol. The number of carbonyl (C=O) groups excluding carboxylic acids is 11. The van der Waals surface area contributed by atoms with Gasteiger partial charge in [-0.1, -0.05) is 84.6 Å². The molecule has 520 valence electrons. The van der Waals surface area contributed by atoms with E-state index in [-0.39, 0.29) is 58.3 Å². The number of nitrogens with two attached hydrogens (primary N) is 3. The Morgan fingerprint density at radius 3 is 1.68 bits per heavy atom. The number of nitrogens with zero attached hydrogens (tertiary/aromatic N) is 1. The Kier molecular flexibility index (Phi) is 42.0. The molecule has 21 N–H and O–H groups in total. The second-order valence-electron chi connectivity index (χ2n) is 22.2. The summed E-state index contributed by atoms with van der Waals surface area (Å²) >= 11 is 5.91. The van der Waals surface area contributed by atoms with Crippen LogP contribution in [0.3, 0.4) is 0 Å². The molecule has 33 heteroatoms. The number of rotatable bonds is 34. The first kappa shape index (κ1) is 82.4. The van der Waals surface area contributed by atoms with Crippen molar-refractivity contribution in [3.63, 3.8) is 0 Å². The van der Waals surface area contributed by atoms with Gasteiger partial charge in [0.15, 0.2) is 12.1 Å². The molecule has 10 amide bonds. The van der Waals surface area contributed by atoms with Crippen LogP contribution in [0.5, 0.6) is 0 Å². The minimum Gasteiger partial charge on any atom is -0.479 e. The van der Waals surface area contributed by atoms with Gasteiger partial charge in [0.1, 0.15) is 54.6 Å². The minimum atomic E-state index is -2.83. The molecule has 0 saturated carbocycles. The summed E-state index contributed by atoms with van der Waals surface area (Å²) in [5, 5.41) is 76.3. The monoisotopic (exact) mass is 1320 g/mol. The minimum absolute atomic E-state index is 0.141. The summed E-state index contributed by atoms with van der Waals surface area (Å²) in [5.41, 5.74) is 16.8. The maximum Gasteiger partial charge on any atom is 0.335 e. The fourth-order valence-corrected chi connectivity index (χ4v) is 9.56. The predicted molar refractivity (Wildman–Crippen MR) is 333 cm³/mol. The van der Waals surface area contributed by atoms with Crippen LogP contribution in [-0.2, 0) is 62.3 Å². The summed E-state index contributed by atoms with van der Waals surface area (Å²) in [5.74, 6) is -16.4. The van der Waals surface area contributed by atoms with Gasteiger partial charge in [-0.2, -0.15) is 0 Å². The van der Waals surface area contributed by atoms with E-state index in [1.54, 1.807) is 0 Å². The SMILES string of the molecule is C/C=C1/NC(=O)[C@H]([C@H](C)O)NC(=O)[C@H](CCN)NC(=O)[C@H](CCCCN)NC(=O)[C@H](CC(=O)NCCCN(CC)CC)NC(=O)[C@@H](CCN)NC(=O)[C@@H](NC(=O)C[C@@H](O)CCCCCCCCCCC)COC(=O)[C@H]([C@H](O)CCl)NC(=O)[C@H](C(O)C(=O)O)NC1=O. The standard InChI is InChI=1S/C58H103ClN14O18/c1-6-10-11-12-13-14-15-16-17-21-35(75)30-44(78)64-41-33-91-58(90)46(42(76)32-59)71-56(87)47(48(79)57(88)89)72-49(80)36(7-2)65-55(86)45(34(5)74)70-52(83)39(24-27-62)67-50(81)37(22-18-19-25-60)66-53(84)40(69-51(82)38(23-26-61)68-54(41)85)31-43(77)63-28-20-29-73(8-3)9-4/h7,34-35,37-42,45-48,74-76,79H,6,8-33,60-62H2,1-5H3,(H,63,77)(H,64,78)(H,65,86)(H,66,84)(H,67,81)(H,68,85)(H,69,82)(H,70,83)(H,71,87)(H,72,80)(H,88,89)/b36-7+/t34-,35-,37-,38+,39-,40-,41-,42+,45-,46-,47-,48?/m0/s1. The zero-order chi connectivity index (χ0) is 68.6. The molecule has 0 aliphatic carbocycles. The van der Waals surface area contributed by atoms with Gasteiger partial charge in [0.25, 0.3) is 5.91 Å². The predicted octanol–water partition coefficient (Wildman–Crippen LogP) is -4.40.